The molecule has 6 nitrogen and oxygen atoms in total. The van der Waals surface area contributed by atoms with E-state index >= 15 is 0 Å². The number of hydrogen-bond acceptors (Lipinski definition) is 4. The summed E-state index contributed by atoms with van der Waals surface area (Å²) in [4.78, 5) is 24.7. The molecule has 0 aliphatic heterocycles. The van der Waals surface area contributed by atoms with E-state index in [1.165, 1.54) is 11.3 Å². The van der Waals surface area contributed by atoms with Gasteiger partial charge < -0.3 is 10.1 Å². The summed E-state index contributed by atoms with van der Waals surface area (Å²) in [6.07, 6.45) is 5.12. The number of aromatic nitrogens is 3. The van der Waals surface area contributed by atoms with Crippen LogP contribution in [0.3, 0.4) is 0 Å². The molecule has 0 bridgehead atoms. The highest BCUT2D eigenvalue weighted by Crippen LogP contribution is 2.21. The topological polar surface area (TPSA) is 83.3 Å². The van der Waals surface area contributed by atoms with E-state index in [0.717, 1.165) is 10.9 Å². The number of rotatable bonds is 3. The second kappa shape index (κ2) is 6.87. The number of pyridine rings is 1. The van der Waals surface area contributed by atoms with Crippen LogP contribution in [0.4, 0.5) is 0 Å². The summed E-state index contributed by atoms with van der Waals surface area (Å²) in [6, 6.07) is 8.73. The molecule has 3 heterocycles. The fourth-order valence-electron chi connectivity index (χ4n) is 2.67. The number of benzene rings is 1. The van der Waals surface area contributed by atoms with E-state index in [1.807, 2.05) is 5.38 Å². The summed E-state index contributed by atoms with van der Waals surface area (Å²) < 4.78 is 1.75. The lowest BCUT2D eigenvalue weighted by Crippen LogP contribution is -2.15. The van der Waals surface area contributed by atoms with Crippen LogP contribution in [0, 0.1) is 0 Å². The van der Waals surface area contributed by atoms with Crippen molar-refractivity contribution in [1.29, 1.82) is 0 Å². The number of carbonyl (C=O) groups excluding carboxylic acids is 1. The van der Waals surface area contributed by atoms with Crippen LogP contribution in [0.25, 0.3) is 16.7 Å². The lowest BCUT2D eigenvalue weighted by atomic mass is 10.2. The van der Waals surface area contributed by atoms with Gasteiger partial charge in [-0.3, -0.25) is 9.36 Å². The van der Waals surface area contributed by atoms with Crippen LogP contribution in [0.5, 0.6) is 0 Å². The molecule has 0 atom stereocenters. The lowest BCUT2D eigenvalue weighted by molar-refractivity contribution is 0.0999. The maximum atomic E-state index is 12.7. The van der Waals surface area contributed by atoms with Gasteiger partial charge in [0.05, 0.1) is 22.9 Å². The first-order valence-corrected chi connectivity index (χ1v) is 9.00. The molecule has 0 aliphatic rings. The van der Waals surface area contributed by atoms with Crippen LogP contribution in [-0.2, 0) is 6.61 Å². The van der Waals surface area contributed by atoms with Crippen LogP contribution in [0.2, 0.25) is 5.02 Å². The second-order valence-electron chi connectivity index (χ2n) is 5.51. The highest BCUT2D eigenvalue weighted by Gasteiger charge is 2.12. The van der Waals surface area contributed by atoms with E-state index in [-0.39, 0.29) is 12.5 Å². The number of aromatic amines is 1. The Balaban J connectivity index is 1.79. The van der Waals surface area contributed by atoms with Crippen molar-refractivity contribution >= 4 is 39.9 Å². The quantitative estimate of drug-likeness (QED) is 0.568. The average Bonchev–Trinajstić information content (AvgIpc) is 3.30. The first-order chi connectivity index (χ1) is 12.7. The molecule has 26 heavy (non-hydrogen) atoms. The van der Waals surface area contributed by atoms with E-state index in [9.17, 15) is 9.90 Å². The number of H-pyrrole nitrogens is 1. The third kappa shape index (κ3) is 2.96. The third-order valence-corrected chi connectivity index (χ3v) is 4.99. The summed E-state index contributed by atoms with van der Waals surface area (Å²) in [5, 5.41) is 12.3. The number of fused-ring (bicyclic) bond motifs is 1. The molecule has 0 radical (unpaired) electrons. The predicted molar refractivity (Wildman–Crippen MR) is 101 cm³/mol. The third-order valence-electron chi connectivity index (χ3n) is 3.93. The van der Waals surface area contributed by atoms with Crippen LogP contribution < -0.4 is 4.80 Å². The van der Waals surface area contributed by atoms with Gasteiger partial charge in [0.25, 0.3) is 5.91 Å². The Morgan fingerprint density at radius 3 is 3.04 bits per heavy atom. The van der Waals surface area contributed by atoms with Gasteiger partial charge in [-0.15, -0.1) is 11.3 Å². The number of nitrogens with one attached hydrogen (secondary N) is 1. The number of amides is 1. The van der Waals surface area contributed by atoms with Crippen molar-refractivity contribution < 1.29 is 9.90 Å². The summed E-state index contributed by atoms with van der Waals surface area (Å²) in [5.41, 5.74) is 2.54. The Bertz CT molecular complexity index is 1180. The highest BCUT2D eigenvalue weighted by atomic mass is 35.5. The summed E-state index contributed by atoms with van der Waals surface area (Å²) in [7, 11) is 0. The molecule has 0 unspecified atom stereocenters. The lowest BCUT2D eigenvalue weighted by Gasteiger charge is -2.07. The smallest absolute Gasteiger partial charge is 0.280 e. The molecule has 1 aromatic carbocycles. The SMILES string of the molecule is O=C(/N=c1\sccn1-c1ccc(CO)cc1Cl)c1ccnc2[nH]ccc12. The van der Waals surface area contributed by atoms with Crippen LogP contribution in [0.15, 0.2) is 59.3 Å². The zero-order valence-corrected chi connectivity index (χ0v) is 15.0. The Kier molecular flexibility index (Phi) is 4.42. The largest absolute Gasteiger partial charge is 0.392 e. The number of thiazole rings is 1. The fraction of sp³-hybridized carbons (Fsp3) is 0.0556. The van der Waals surface area contributed by atoms with Gasteiger partial charge in [-0.2, -0.15) is 4.99 Å². The number of halogens is 1. The van der Waals surface area contributed by atoms with Gasteiger partial charge in [0.1, 0.15) is 5.65 Å². The first-order valence-electron chi connectivity index (χ1n) is 7.74. The van der Waals surface area contributed by atoms with Crippen molar-refractivity contribution in [3.63, 3.8) is 0 Å². The van der Waals surface area contributed by atoms with Crippen LogP contribution in [0.1, 0.15) is 15.9 Å². The number of nitrogens with zero attached hydrogens (tertiary/aromatic N) is 3. The molecule has 0 saturated carbocycles. The highest BCUT2D eigenvalue weighted by molar-refractivity contribution is 7.07. The van der Waals surface area contributed by atoms with E-state index in [1.54, 1.807) is 53.5 Å². The second-order valence-corrected chi connectivity index (χ2v) is 6.80. The zero-order valence-electron chi connectivity index (χ0n) is 13.4. The fourth-order valence-corrected chi connectivity index (χ4v) is 3.68. The minimum Gasteiger partial charge on any atom is -0.392 e. The van der Waals surface area contributed by atoms with Crippen molar-refractivity contribution in [2.75, 3.05) is 0 Å². The van der Waals surface area contributed by atoms with Crippen molar-refractivity contribution in [1.82, 2.24) is 14.5 Å². The van der Waals surface area contributed by atoms with E-state index in [2.05, 4.69) is 15.0 Å². The molecule has 130 valence electrons. The molecule has 4 aromatic rings. The molecule has 1 amide bonds. The summed E-state index contributed by atoms with van der Waals surface area (Å²) >= 11 is 7.66. The minimum absolute atomic E-state index is 0.0846. The van der Waals surface area contributed by atoms with Gasteiger partial charge in [-0.1, -0.05) is 17.7 Å². The van der Waals surface area contributed by atoms with Crippen molar-refractivity contribution in [2.24, 2.45) is 4.99 Å². The van der Waals surface area contributed by atoms with Gasteiger partial charge in [-0.05, 0) is 29.8 Å². The number of aliphatic hydroxyl groups excluding tert-OH is 1. The number of carbonyl (C=O) groups is 1. The number of aliphatic hydroxyl groups is 1. The van der Waals surface area contributed by atoms with Gasteiger partial charge in [-0.25, -0.2) is 4.98 Å². The monoisotopic (exact) mass is 384 g/mol. The standard InChI is InChI=1S/C18H13ClN4O2S/c19-14-9-11(10-24)1-2-15(14)23-7-8-26-18(23)22-17(25)13-4-6-21-16-12(13)3-5-20-16/h1-9,24H,10H2,(H,20,21)/b22-18-. The summed E-state index contributed by atoms with van der Waals surface area (Å²) in [5.74, 6) is -0.351. The molecule has 0 aliphatic carbocycles. The summed E-state index contributed by atoms with van der Waals surface area (Å²) in [6.45, 7) is -0.0846. The van der Waals surface area contributed by atoms with Gasteiger partial charge >= 0.3 is 0 Å². The van der Waals surface area contributed by atoms with Crippen molar-refractivity contribution in [2.45, 2.75) is 6.61 Å². The van der Waals surface area contributed by atoms with Crippen LogP contribution >= 0.6 is 22.9 Å². The Hall–Kier alpha value is -2.74. The normalized spacial score (nSPS) is 12.0. The maximum absolute atomic E-state index is 12.7. The van der Waals surface area contributed by atoms with Crippen LogP contribution in [-0.4, -0.2) is 25.5 Å². The van der Waals surface area contributed by atoms with Gasteiger partial charge in [0.2, 0.25) is 0 Å². The molecular formula is C18H13ClN4O2S. The molecule has 2 N–H and O–H groups in total. The molecule has 4 rings (SSSR count). The van der Waals surface area contributed by atoms with Gasteiger partial charge in [0, 0.05) is 29.4 Å². The maximum Gasteiger partial charge on any atom is 0.280 e. The van der Waals surface area contributed by atoms with Crippen molar-refractivity contribution in [3.05, 3.63) is 75.3 Å². The van der Waals surface area contributed by atoms with E-state index < -0.39 is 0 Å². The molecule has 3 aromatic heterocycles. The van der Waals surface area contributed by atoms with Gasteiger partial charge in [0.15, 0.2) is 4.80 Å². The molecule has 0 saturated heterocycles. The van der Waals surface area contributed by atoms with E-state index in [4.69, 9.17) is 11.6 Å². The Labute approximate surface area is 157 Å². The first kappa shape index (κ1) is 16.7. The van der Waals surface area contributed by atoms with Crippen molar-refractivity contribution in [3.8, 4) is 5.69 Å². The molecule has 8 heteroatoms. The molecular weight excluding hydrogens is 372 g/mol. The Morgan fingerprint density at radius 1 is 1.35 bits per heavy atom. The minimum atomic E-state index is -0.351. The molecule has 0 fully saturated rings. The molecule has 0 spiro atoms. The Morgan fingerprint density at radius 2 is 2.23 bits per heavy atom. The average molecular weight is 385 g/mol. The van der Waals surface area contributed by atoms with E-state index in [0.29, 0.717) is 26.7 Å². The predicted octanol–water partition coefficient (Wildman–Crippen LogP) is 3.30. The zero-order chi connectivity index (χ0) is 18.1. The number of hydrogen-bond donors (Lipinski definition) is 2.